The predicted molar refractivity (Wildman–Crippen MR) is 94.1 cm³/mol. The van der Waals surface area contributed by atoms with Crippen molar-refractivity contribution in [3.05, 3.63) is 42.5 Å². The lowest BCUT2D eigenvalue weighted by atomic mass is 9.98. The smallest absolute Gasteiger partial charge is 0.267 e. The minimum Gasteiger partial charge on any atom is -0.350 e. The lowest BCUT2D eigenvalue weighted by Crippen LogP contribution is -2.42. The minimum atomic E-state index is 0.00165. The van der Waals surface area contributed by atoms with Crippen molar-refractivity contribution >= 4 is 11.9 Å². The van der Waals surface area contributed by atoms with Gasteiger partial charge < -0.3 is 14.8 Å². The van der Waals surface area contributed by atoms with Crippen molar-refractivity contribution < 1.29 is 4.79 Å². The van der Waals surface area contributed by atoms with Crippen LogP contribution in [0.2, 0.25) is 0 Å². The molecule has 3 heterocycles. The summed E-state index contributed by atoms with van der Waals surface area (Å²) in [5.74, 6) is 1.21. The summed E-state index contributed by atoms with van der Waals surface area (Å²) in [5.41, 5.74) is 0.726. The topological polar surface area (TPSA) is 63.1 Å². The highest BCUT2D eigenvalue weighted by molar-refractivity contribution is 5.92. The molecule has 1 amide bonds. The highest BCUT2D eigenvalue weighted by atomic mass is 16.1. The number of nitrogens with one attached hydrogen (secondary N) is 1. The van der Waals surface area contributed by atoms with Crippen molar-refractivity contribution in [2.45, 2.75) is 32.7 Å². The normalized spacial score (nSPS) is 18.0. The average molecular weight is 327 g/mol. The van der Waals surface area contributed by atoms with Crippen LogP contribution in [0.15, 0.2) is 36.8 Å². The highest BCUT2D eigenvalue weighted by Crippen LogP contribution is 2.19. The van der Waals surface area contributed by atoms with Crippen molar-refractivity contribution in [1.29, 1.82) is 0 Å². The maximum Gasteiger partial charge on any atom is 0.267 e. The molecule has 1 fully saturated rings. The van der Waals surface area contributed by atoms with E-state index in [1.807, 2.05) is 29.0 Å². The second-order valence-corrected chi connectivity index (χ2v) is 6.61. The Morgan fingerprint density at radius 1 is 1.33 bits per heavy atom. The molecule has 1 aliphatic rings. The van der Waals surface area contributed by atoms with Gasteiger partial charge in [-0.25, -0.2) is 9.97 Å². The first kappa shape index (κ1) is 16.5. The third-order valence-corrected chi connectivity index (χ3v) is 4.47. The second kappa shape index (κ2) is 7.47. The molecule has 0 bridgehead atoms. The van der Waals surface area contributed by atoms with Gasteiger partial charge in [0, 0.05) is 44.3 Å². The monoisotopic (exact) mass is 327 g/mol. The molecule has 6 heteroatoms. The summed E-state index contributed by atoms with van der Waals surface area (Å²) in [6.07, 6.45) is 7.71. The Balaban J connectivity index is 1.56. The molecule has 128 valence electrons. The summed E-state index contributed by atoms with van der Waals surface area (Å²) in [5, 5.41) is 3.09. The molecule has 6 nitrogen and oxygen atoms in total. The van der Waals surface area contributed by atoms with E-state index in [-0.39, 0.29) is 11.9 Å². The van der Waals surface area contributed by atoms with Crippen molar-refractivity contribution in [2.75, 3.05) is 24.5 Å². The van der Waals surface area contributed by atoms with Gasteiger partial charge in [0.25, 0.3) is 5.91 Å². The van der Waals surface area contributed by atoms with E-state index in [2.05, 4.69) is 34.0 Å². The number of piperidine rings is 1. The van der Waals surface area contributed by atoms with Crippen LogP contribution >= 0.6 is 0 Å². The van der Waals surface area contributed by atoms with E-state index in [4.69, 9.17) is 0 Å². The van der Waals surface area contributed by atoms with Gasteiger partial charge in [-0.15, -0.1) is 0 Å². The molecule has 1 N–H and O–H groups in total. The molecule has 0 spiro atoms. The molecular formula is C18H25N5O. The molecule has 2 aromatic rings. The van der Waals surface area contributed by atoms with Gasteiger partial charge in [-0.1, -0.05) is 0 Å². The first-order valence-electron chi connectivity index (χ1n) is 8.62. The molecule has 24 heavy (non-hydrogen) atoms. The summed E-state index contributed by atoms with van der Waals surface area (Å²) in [6, 6.07) is 5.90. The summed E-state index contributed by atoms with van der Waals surface area (Å²) in [7, 11) is 0. The van der Waals surface area contributed by atoms with Crippen molar-refractivity contribution in [2.24, 2.45) is 5.92 Å². The van der Waals surface area contributed by atoms with Crippen LogP contribution in [0.3, 0.4) is 0 Å². The molecule has 1 aliphatic heterocycles. The van der Waals surface area contributed by atoms with Gasteiger partial charge in [-0.05, 0) is 50.8 Å². The largest absolute Gasteiger partial charge is 0.350 e. The predicted octanol–water partition coefficient (Wildman–Crippen LogP) is 2.51. The molecule has 0 unspecified atom stereocenters. The van der Waals surface area contributed by atoms with E-state index in [1.54, 1.807) is 12.4 Å². The zero-order chi connectivity index (χ0) is 16.9. The summed E-state index contributed by atoms with van der Waals surface area (Å²) >= 11 is 0. The number of carbonyl (C=O) groups excluding carboxylic acids is 1. The van der Waals surface area contributed by atoms with Crippen LogP contribution in [0.4, 0.5) is 5.95 Å². The van der Waals surface area contributed by atoms with E-state index < -0.39 is 0 Å². The molecule has 0 aromatic carbocycles. The second-order valence-electron chi connectivity index (χ2n) is 6.61. The van der Waals surface area contributed by atoms with Gasteiger partial charge in [0.15, 0.2) is 0 Å². The number of hydrogen-bond acceptors (Lipinski definition) is 4. The zero-order valence-electron chi connectivity index (χ0n) is 14.4. The van der Waals surface area contributed by atoms with E-state index in [0.717, 1.165) is 37.6 Å². The molecule has 0 radical (unpaired) electrons. The van der Waals surface area contributed by atoms with Gasteiger partial charge in [0.2, 0.25) is 5.95 Å². The molecular weight excluding hydrogens is 302 g/mol. The Labute approximate surface area is 142 Å². The maximum atomic E-state index is 12.5. The Morgan fingerprint density at radius 2 is 2.12 bits per heavy atom. The molecule has 3 rings (SSSR count). The number of aromatic nitrogens is 3. The number of amides is 1. The van der Waals surface area contributed by atoms with Crippen molar-refractivity contribution in [1.82, 2.24) is 19.9 Å². The maximum absolute atomic E-state index is 12.5. The Kier molecular flexibility index (Phi) is 5.13. The van der Waals surface area contributed by atoms with E-state index in [0.29, 0.717) is 12.5 Å². The quantitative estimate of drug-likeness (QED) is 0.916. The van der Waals surface area contributed by atoms with Crippen molar-refractivity contribution in [3.63, 3.8) is 0 Å². The number of nitrogens with zero attached hydrogens (tertiary/aromatic N) is 4. The minimum absolute atomic E-state index is 0.00165. The number of carbonyl (C=O) groups is 1. The first-order chi connectivity index (χ1) is 11.6. The highest BCUT2D eigenvalue weighted by Gasteiger charge is 2.22. The third kappa shape index (κ3) is 3.75. The van der Waals surface area contributed by atoms with E-state index >= 15 is 0 Å². The van der Waals surface area contributed by atoms with Crippen molar-refractivity contribution in [3.8, 4) is 0 Å². The van der Waals surface area contributed by atoms with Gasteiger partial charge >= 0.3 is 0 Å². The zero-order valence-corrected chi connectivity index (χ0v) is 14.4. The van der Waals surface area contributed by atoms with Gasteiger partial charge in [-0.3, -0.25) is 4.79 Å². The fourth-order valence-corrected chi connectivity index (χ4v) is 3.23. The van der Waals surface area contributed by atoms with E-state index in [1.165, 1.54) is 0 Å². The Hall–Kier alpha value is -2.37. The third-order valence-electron chi connectivity index (χ3n) is 4.47. The Morgan fingerprint density at radius 3 is 2.88 bits per heavy atom. The summed E-state index contributed by atoms with van der Waals surface area (Å²) < 4.78 is 2.00. The fraction of sp³-hybridized carbons (Fsp3) is 0.500. The lowest BCUT2D eigenvalue weighted by Gasteiger charge is -2.32. The standard InChI is InChI=1S/C18H25N5O/c1-14(2)23-11-4-7-16(23)17(24)21-12-15-6-3-10-22(13-15)18-19-8-5-9-20-18/h4-5,7-9,11,14-15H,3,6,10,12-13H2,1-2H3,(H,21,24)/t15-/m0/s1. The molecule has 0 aliphatic carbocycles. The molecule has 0 saturated carbocycles. The molecule has 1 saturated heterocycles. The molecule has 1 atom stereocenters. The number of hydrogen-bond donors (Lipinski definition) is 1. The van der Waals surface area contributed by atoms with E-state index in [9.17, 15) is 4.79 Å². The van der Waals surface area contributed by atoms with Crippen LogP contribution in [0.5, 0.6) is 0 Å². The van der Waals surface area contributed by atoms with Gasteiger partial charge in [0.1, 0.15) is 5.69 Å². The van der Waals surface area contributed by atoms with Crippen LogP contribution in [0.1, 0.15) is 43.2 Å². The average Bonchev–Trinajstić information content (AvgIpc) is 3.11. The molecule has 2 aromatic heterocycles. The summed E-state index contributed by atoms with van der Waals surface area (Å²) in [4.78, 5) is 23.3. The van der Waals surface area contributed by atoms with Crippen LogP contribution in [0, 0.1) is 5.92 Å². The number of anilines is 1. The number of rotatable bonds is 5. The van der Waals surface area contributed by atoms with Gasteiger partial charge in [-0.2, -0.15) is 0 Å². The van der Waals surface area contributed by atoms with Crippen LogP contribution in [0.25, 0.3) is 0 Å². The first-order valence-corrected chi connectivity index (χ1v) is 8.62. The van der Waals surface area contributed by atoms with Gasteiger partial charge in [0.05, 0.1) is 0 Å². The Bertz CT molecular complexity index is 667. The SMILES string of the molecule is CC(C)n1cccc1C(=O)NC[C@@H]1CCCN(c2ncccn2)C1. The van der Waals surface area contributed by atoms with Crippen LogP contribution in [-0.2, 0) is 0 Å². The summed E-state index contributed by atoms with van der Waals surface area (Å²) in [6.45, 7) is 6.71. The lowest BCUT2D eigenvalue weighted by molar-refractivity contribution is 0.0935. The fourth-order valence-electron chi connectivity index (χ4n) is 3.23. The van der Waals surface area contributed by atoms with Crippen LogP contribution in [-0.4, -0.2) is 40.1 Å². The van der Waals surface area contributed by atoms with Crippen LogP contribution < -0.4 is 10.2 Å².